The Kier molecular flexibility index (Phi) is 5.98. The number of amides is 2. The molecule has 1 unspecified atom stereocenters. The van der Waals surface area contributed by atoms with Gasteiger partial charge in [-0.15, -0.1) is 11.8 Å². The number of hydrogen-bond donors (Lipinski definition) is 2. The summed E-state index contributed by atoms with van der Waals surface area (Å²) in [6, 6.07) is 11.6. The van der Waals surface area contributed by atoms with Gasteiger partial charge in [0.25, 0.3) is 10.0 Å². The Bertz CT molecular complexity index is 1130. The van der Waals surface area contributed by atoms with Gasteiger partial charge in [-0.25, -0.2) is 8.42 Å². The summed E-state index contributed by atoms with van der Waals surface area (Å²) in [4.78, 5) is 28.0. The minimum atomic E-state index is -3.82. The molecule has 2 amide bonds. The van der Waals surface area contributed by atoms with E-state index in [0.717, 1.165) is 18.4 Å². The molecule has 2 N–H and O–H groups in total. The van der Waals surface area contributed by atoms with Crippen LogP contribution in [0.15, 0.2) is 52.3 Å². The first-order chi connectivity index (χ1) is 14.7. The van der Waals surface area contributed by atoms with Gasteiger partial charge < -0.3 is 10.2 Å². The predicted octanol–water partition coefficient (Wildman–Crippen LogP) is 3.47. The van der Waals surface area contributed by atoms with Crippen LogP contribution in [0.2, 0.25) is 0 Å². The van der Waals surface area contributed by atoms with E-state index in [9.17, 15) is 18.0 Å². The van der Waals surface area contributed by atoms with Crippen LogP contribution in [0.4, 0.5) is 11.4 Å². The third-order valence-corrected chi connectivity index (χ3v) is 8.23. The zero-order chi connectivity index (χ0) is 22.2. The van der Waals surface area contributed by atoms with E-state index in [1.54, 1.807) is 29.2 Å². The number of likely N-dealkylation sites (tertiary alicyclic amines) is 1. The summed E-state index contributed by atoms with van der Waals surface area (Å²) in [7, 11) is -3.82. The summed E-state index contributed by atoms with van der Waals surface area (Å²) in [5.41, 5.74) is 1.81. The maximum atomic E-state index is 12.9. The smallest absolute Gasteiger partial charge is 0.261 e. The molecule has 164 valence electrons. The van der Waals surface area contributed by atoms with E-state index in [0.29, 0.717) is 35.3 Å². The Labute approximate surface area is 186 Å². The normalized spacial score (nSPS) is 19.5. The highest BCUT2D eigenvalue weighted by molar-refractivity contribution is 8.01. The SMILES string of the molecule is Cc1cccc(NS(=O)(=O)c2ccc3c(c2)NC(=O)C(C(=O)N2CCC(C)CC2)S3)c1. The number of aryl methyl sites for hydroxylation is 1. The zero-order valence-corrected chi connectivity index (χ0v) is 19.1. The summed E-state index contributed by atoms with van der Waals surface area (Å²) in [6.07, 6.45) is 1.88. The van der Waals surface area contributed by atoms with Crippen molar-refractivity contribution in [3.8, 4) is 0 Å². The van der Waals surface area contributed by atoms with Crippen molar-refractivity contribution in [2.45, 2.75) is 41.7 Å². The second-order valence-electron chi connectivity index (χ2n) is 8.13. The molecule has 0 spiro atoms. The van der Waals surface area contributed by atoms with E-state index in [1.807, 2.05) is 13.0 Å². The van der Waals surface area contributed by atoms with Crippen LogP contribution in [-0.2, 0) is 19.6 Å². The van der Waals surface area contributed by atoms with Gasteiger partial charge in [0.2, 0.25) is 11.8 Å². The lowest BCUT2D eigenvalue weighted by Crippen LogP contribution is -2.47. The van der Waals surface area contributed by atoms with Gasteiger partial charge in [0.15, 0.2) is 5.25 Å². The fourth-order valence-electron chi connectivity index (χ4n) is 3.74. The van der Waals surface area contributed by atoms with Crippen molar-refractivity contribution in [1.29, 1.82) is 0 Å². The summed E-state index contributed by atoms with van der Waals surface area (Å²) < 4.78 is 28.1. The minimum Gasteiger partial charge on any atom is -0.341 e. The van der Waals surface area contributed by atoms with Crippen LogP contribution in [0.3, 0.4) is 0 Å². The van der Waals surface area contributed by atoms with Crippen molar-refractivity contribution in [3.63, 3.8) is 0 Å². The molecule has 9 heteroatoms. The third kappa shape index (κ3) is 4.72. The van der Waals surface area contributed by atoms with E-state index < -0.39 is 21.2 Å². The molecule has 7 nitrogen and oxygen atoms in total. The number of nitrogens with one attached hydrogen (secondary N) is 2. The number of anilines is 2. The molecule has 1 fully saturated rings. The molecular formula is C22H25N3O4S2. The molecule has 0 saturated carbocycles. The monoisotopic (exact) mass is 459 g/mol. The molecule has 2 aliphatic heterocycles. The number of hydrogen-bond acceptors (Lipinski definition) is 5. The van der Waals surface area contributed by atoms with Gasteiger partial charge in [0.1, 0.15) is 0 Å². The Morgan fingerprint density at radius 1 is 1.16 bits per heavy atom. The van der Waals surface area contributed by atoms with Gasteiger partial charge in [-0.05, 0) is 61.6 Å². The molecule has 0 bridgehead atoms. The van der Waals surface area contributed by atoms with Crippen molar-refractivity contribution in [1.82, 2.24) is 4.90 Å². The fourth-order valence-corrected chi connectivity index (χ4v) is 5.86. The van der Waals surface area contributed by atoms with Crippen LogP contribution in [0.25, 0.3) is 0 Å². The number of carbonyl (C=O) groups is 2. The number of sulfonamides is 1. The van der Waals surface area contributed by atoms with Gasteiger partial charge in [0.05, 0.1) is 10.6 Å². The Morgan fingerprint density at radius 2 is 1.90 bits per heavy atom. The number of piperidine rings is 1. The first kappa shape index (κ1) is 21.7. The van der Waals surface area contributed by atoms with E-state index in [-0.39, 0.29) is 10.8 Å². The molecular weight excluding hydrogens is 434 g/mol. The second-order valence-corrected chi connectivity index (χ2v) is 11.0. The van der Waals surface area contributed by atoms with Crippen LogP contribution in [0, 0.1) is 12.8 Å². The highest BCUT2D eigenvalue weighted by Gasteiger charge is 2.37. The molecule has 0 aliphatic carbocycles. The Balaban J connectivity index is 1.52. The molecule has 1 atom stereocenters. The van der Waals surface area contributed by atoms with Gasteiger partial charge in [-0.3, -0.25) is 14.3 Å². The maximum absolute atomic E-state index is 12.9. The van der Waals surface area contributed by atoms with Crippen molar-refractivity contribution in [2.24, 2.45) is 5.92 Å². The molecule has 0 radical (unpaired) electrons. The first-order valence-electron chi connectivity index (χ1n) is 10.2. The van der Waals surface area contributed by atoms with E-state index in [1.165, 1.54) is 23.9 Å². The largest absolute Gasteiger partial charge is 0.341 e. The average molecular weight is 460 g/mol. The first-order valence-corrected chi connectivity index (χ1v) is 12.6. The number of fused-ring (bicyclic) bond motifs is 1. The highest BCUT2D eigenvalue weighted by Crippen LogP contribution is 2.38. The number of benzene rings is 2. The summed E-state index contributed by atoms with van der Waals surface area (Å²) in [5, 5.41) is 1.87. The lowest BCUT2D eigenvalue weighted by atomic mass is 9.99. The Morgan fingerprint density at radius 3 is 2.61 bits per heavy atom. The zero-order valence-electron chi connectivity index (χ0n) is 17.4. The van der Waals surface area contributed by atoms with Crippen LogP contribution in [-0.4, -0.2) is 43.5 Å². The quantitative estimate of drug-likeness (QED) is 0.683. The van der Waals surface area contributed by atoms with Crippen LogP contribution in [0.1, 0.15) is 25.3 Å². The molecule has 0 aromatic heterocycles. The van der Waals surface area contributed by atoms with Crippen LogP contribution in [0.5, 0.6) is 0 Å². The van der Waals surface area contributed by atoms with Crippen molar-refractivity contribution in [2.75, 3.05) is 23.1 Å². The number of rotatable bonds is 4. The summed E-state index contributed by atoms with van der Waals surface area (Å²) in [5.74, 6) is -0.00781. The topological polar surface area (TPSA) is 95.6 Å². The molecule has 2 heterocycles. The van der Waals surface area contributed by atoms with Crippen molar-refractivity contribution >= 4 is 45.0 Å². The lowest BCUT2D eigenvalue weighted by molar-refractivity contribution is -0.135. The lowest BCUT2D eigenvalue weighted by Gasteiger charge is -2.33. The van der Waals surface area contributed by atoms with Crippen molar-refractivity contribution < 1.29 is 18.0 Å². The summed E-state index contributed by atoms with van der Waals surface area (Å²) in [6.45, 7) is 5.38. The highest BCUT2D eigenvalue weighted by atomic mass is 32.2. The van der Waals surface area contributed by atoms with Crippen LogP contribution < -0.4 is 10.0 Å². The number of thioether (sulfide) groups is 1. The number of nitrogens with zero attached hydrogens (tertiary/aromatic N) is 1. The van der Waals surface area contributed by atoms with E-state index in [4.69, 9.17) is 0 Å². The average Bonchev–Trinajstić information content (AvgIpc) is 2.72. The predicted molar refractivity (Wildman–Crippen MR) is 122 cm³/mol. The molecule has 4 rings (SSSR count). The number of carbonyl (C=O) groups excluding carboxylic acids is 2. The summed E-state index contributed by atoms with van der Waals surface area (Å²) >= 11 is 1.17. The maximum Gasteiger partial charge on any atom is 0.261 e. The van der Waals surface area contributed by atoms with Crippen molar-refractivity contribution in [3.05, 3.63) is 48.0 Å². The van der Waals surface area contributed by atoms with Gasteiger partial charge in [-0.2, -0.15) is 0 Å². The van der Waals surface area contributed by atoms with E-state index in [2.05, 4.69) is 17.0 Å². The standard InChI is InChI=1S/C22H25N3O4S2/c1-14-8-10-25(11-9-14)22(27)20-21(26)23-18-13-17(6-7-19(18)30-20)31(28,29)24-16-5-3-4-15(2)12-16/h3-7,12-14,20,24H,8-11H2,1-2H3,(H,23,26). The molecule has 31 heavy (non-hydrogen) atoms. The van der Waals surface area contributed by atoms with Crippen LogP contribution >= 0.6 is 11.8 Å². The fraction of sp³-hybridized carbons (Fsp3) is 0.364. The van der Waals surface area contributed by atoms with E-state index >= 15 is 0 Å². The second kappa shape index (κ2) is 8.55. The minimum absolute atomic E-state index is 0.0449. The molecule has 2 aromatic rings. The molecule has 2 aromatic carbocycles. The Hall–Kier alpha value is -2.52. The molecule has 2 aliphatic rings. The van der Waals surface area contributed by atoms with Gasteiger partial charge >= 0.3 is 0 Å². The van der Waals surface area contributed by atoms with Gasteiger partial charge in [0, 0.05) is 23.7 Å². The molecule has 1 saturated heterocycles. The van der Waals surface area contributed by atoms with Gasteiger partial charge in [-0.1, -0.05) is 19.1 Å². The third-order valence-electron chi connectivity index (χ3n) is 5.59.